The first-order chi connectivity index (χ1) is 13.2. The number of anilines is 1. The zero-order valence-corrected chi connectivity index (χ0v) is 14.4. The molecule has 0 atom stereocenters. The Labute approximate surface area is 157 Å². The largest absolute Gasteiger partial charge is 0.497 e. The van der Waals surface area contributed by atoms with Crippen molar-refractivity contribution < 1.29 is 32.6 Å². The van der Waals surface area contributed by atoms with Gasteiger partial charge in [-0.15, -0.1) is 0 Å². The van der Waals surface area contributed by atoms with Gasteiger partial charge in [-0.3, -0.25) is 4.79 Å². The molecule has 9 heteroatoms. The number of aromatic carboxylic acids is 1. The molecule has 0 saturated carbocycles. The molecular formula is C19H13F3N2O4. The second kappa shape index (κ2) is 7.18. The van der Waals surface area contributed by atoms with E-state index < -0.39 is 29.3 Å². The van der Waals surface area contributed by atoms with Crippen molar-refractivity contribution in [3.63, 3.8) is 0 Å². The fourth-order valence-electron chi connectivity index (χ4n) is 2.57. The number of amides is 1. The maximum Gasteiger partial charge on any atom is 0.435 e. The molecular weight excluding hydrogens is 377 g/mol. The molecule has 2 aromatic carbocycles. The van der Waals surface area contributed by atoms with E-state index >= 15 is 0 Å². The third kappa shape index (κ3) is 3.73. The van der Waals surface area contributed by atoms with Crippen LogP contribution in [0, 0.1) is 0 Å². The van der Waals surface area contributed by atoms with Gasteiger partial charge in [-0.1, -0.05) is 12.1 Å². The monoisotopic (exact) mass is 390 g/mol. The van der Waals surface area contributed by atoms with E-state index in [9.17, 15) is 22.8 Å². The molecule has 28 heavy (non-hydrogen) atoms. The molecule has 1 amide bonds. The van der Waals surface area contributed by atoms with E-state index in [4.69, 9.17) is 9.84 Å². The van der Waals surface area contributed by atoms with Crippen molar-refractivity contribution in [2.75, 3.05) is 12.1 Å². The topological polar surface area (TPSA) is 79.2 Å². The molecule has 1 N–H and O–H groups in total. The van der Waals surface area contributed by atoms with Crippen LogP contribution in [0.25, 0.3) is 6.08 Å². The van der Waals surface area contributed by atoms with Crippen molar-refractivity contribution in [2.45, 2.75) is 6.18 Å². The van der Waals surface area contributed by atoms with E-state index in [1.165, 1.54) is 43.5 Å². The van der Waals surface area contributed by atoms with Gasteiger partial charge in [0, 0.05) is 0 Å². The van der Waals surface area contributed by atoms with Crippen molar-refractivity contribution in [3.05, 3.63) is 65.2 Å². The van der Waals surface area contributed by atoms with Crippen LogP contribution in [0.3, 0.4) is 0 Å². The molecule has 2 aromatic rings. The maximum absolute atomic E-state index is 13.4. The Morgan fingerprint density at radius 2 is 1.86 bits per heavy atom. The molecule has 3 rings (SSSR count). The quantitative estimate of drug-likeness (QED) is 0.807. The molecule has 0 bridgehead atoms. The van der Waals surface area contributed by atoms with Gasteiger partial charge in [0.1, 0.15) is 5.75 Å². The van der Waals surface area contributed by atoms with E-state index in [-0.39, 0.29) is 11.3 Å². The summed E-state index contributed by atoms with van der Waals surface area (Å²) in [6.07, 6.45) is -3.76. The minimum atomic E-state index is -4.85. The van der Waals surface area contributed by atoms with E-state index in [0.717, 1.165) is 6.08 Å². The standard InChI is InChI=1S/C19H13F3N2O4/c1-28-14-4-2-3-11(9-14)10-15-16(19(20,21)22)23-24(17(15)25)13-7-5-12(6-8-13)18(26)27/h2-10H,1H3,(H,26,27)/b15-10-. The molecule has 1 aliphatic heterocycles. The van der Waals surface area contributed by atoms with Crippen molar-refractivity contribution >= 4 is 29.4 Å². The Balaban J connectivity index is 2.04. The zero-order valence-electron chi connectivity index (χ0n) is 14.4. The van der Waals surface area contributed by atoms with Crippen LogP contribution < -0.4 is 9.75 Å². The summed E-state index contributed by atoms with van der Waals surface area (Å²) in [4.78, 5) is 23.5. The van der Waals surface area contributed by atoms with Crippen molar-refractivity contribution in [1.29, 1.82) is 0 Å². The molecule has 1 heterocycles. The Morgan fingerprint density at radius 1 is 1.18 bits per heavy atom. The van der Waals surface area contributed by atoms with Crippen molar-refractivity contribution in [3.8, 4) is 5.75 Å². The Hall–Kier alpha value is -3.62. The van der Waals surface area contributed by atoms with E-state index in [1.54, 1.807) is 12.1 Å². The Bertz CT molecular complexity index is 995. The summed E-state index contributed by atoms with van der Waals surface area (Å²) in [5.74, 6) is -1.75. The Morgan fingerprint density at radius 3 is 2.43 bits per heavy atom. The highest BCUT2D eigenvalue weighted by molar-refractivity contribution is 6.34. The van der Waals surface area contributed by atoms with Crippen LogP contribution in [0.4, 0.5) is 18.9 Å². The second-order valence-electron chi connectivity index (χ2n) is 5.75. The molecule has 0 radical (unpaired) electrons. The van der Waals surface area contributed by atoms with Gasteiger partial charge < -0.3 is 9.84 Å². The van der Waals surface area contributed by atoms with Gasteiger partial charge in [-0.2, -0.15) is 23.3 Å². The lowest BCUT2D eigenvalue weighted by atomic mass is 10.1. The summed E-state index contributed by atoms with van der Waals surface area (Å²) in [6, 6.07) is 11.0. The number of hydrazone groups is 1. The normalized spacial score (nSPS) is 15.7. The van der Waals surface area contributed by atoms with Gasteiger partial charge in [0.15, 0.2) is 5.71 Å². The van der Waals surface area contributed by atoms with E-state index in [2.05, 4.69) is 5.10 Å². The number of benzene rings is 2. The highest BCUT2D eigenvalue weighted by Gasteiger charge is 2.46. The number of carbonyl (C=O) groups is 2. The summed E-state index contributed by atoms with van der Waals surface area (Å²) >= 11 is 0. The number of hydrogen-bond acceptors (Lipinski definition) is 4. The molecule has 1 aliphatic rings. The van der Waals surface area contributed by atoms with Crippen LogP contribution in [0.5, 0.6) is 5.75 Å². The fourth-order valence-corrected chi connectivity index (χ4v) is 2.57. The summed E-state index contributed by atoms with van der Waals surface area (Å²) in [6.45, 7) is 0. The van der Waals surface area contributed by atoms with Crippen molar-refractivity contribution in [2.24, 2.45) is 5.10 Å². The third-order valence-electron chi connectivity index (χ3n) is 3.91. The molecule has 0 saturated heterocycles. The lowest BCUT2D eigenvalue weighted by Crippen LogP contribution is -2.25. The van der Waals surface area contributed by atoms with Crippen LogP contribution in [-0.4, -0.2) is 36.0 Å². The minimum absolute atomic E-state index is 0.0193. The average molecular weight is 390 g/mol. The zero-order chi connectivity index (χ0) is 20.5. The number of rotatable bonds is 4. The van der Waals surface area contributed by atoms with Crippen LogP contribution in [-0.2, 0) is 4.79 Å². The van der Waals surface area contributed by atoms with Crippen LogP contribution >= 0.6 is 0 Å². The molecule has 0 aromatic heterocycles. The first-order valence-corrected chi connectivity index (χ1v) is 7.90. The molecule has 0 spiro atoms. The molecule has 0 fully saturated rings. The first-order valence-electron chi connectivity index (χ1n) is 7.90. The average Bonchev–Trinajstić information content (AvgIpc) is 2.99. The van der Waals surface area contributed by atoms with Gasteiger partial charge in [-0.05, 0) is 48.0 Å². The number of hydrogen-bond donors (Lipinski definition) is 1. The molecule has 6 nitrogen and oxygen atoms in total. The summed E-state index contributed by atoms with van der Waals surface area (Å²) in [5.41, 5.74) is -1.67. The number of alkyl halides is 3. The van der Waals surface area contributed by atoms with Crippen LogP contribution in [0.15, 0.2) is 59.2 Å². The number of methoxy groups -OCH3 is 1. The predicted octanol–water partition coefficient (Wildman–Crippen LogP) is 3.74. The number of carboxylic acid groups (broad SMARTS) is 1. The number of carboxylic acids is 1. The highest BCUT2D eigenvalue weighted by atomic mass is 19.4. The van der Waals surface area contributed by atoms with E-state index in [0.29, 0.717) is 16.3 Å². The van der Waals surface area contributed by atoms with E-state index in [1.807, 2.05) is 0 Å². The maximum atomic E-state index is 13.4. The van der Waals surface area contributed by atoms with Gasteiger partial charge in [0.05, 0.1) is 23.9 Å². The SMILES string of the molecule is COc1cccc(/C=C2\C(=O)N(c3ccc(C(=O)O)cc3)N=C2C(F)(F)F)c1. The lowest BCUT2D eigenvalue weighted by molar-refractivity contribution is -0.114. The number of nitrogens with zero attached hydrogens (tertiary/aromatic N) is 2. The first kappa shape index (κ1) is 19.2. The summed E-state index contributed by atoms with van der Waals surface area (Å²) in [5, 5.41) is 12.9. The highest BCUT2D eigenvalue weighted by Crippen LogP contribution is 2.33. The summed E-state index contributed by atoms with van der Waals surface area (Å²) < 4.78 is 45.4. The molecule has 144 valence electrons. The third-order valence-corrected chi connectivity index (χ3v) is 3.91. The fraction of sp³-hybridized carbons (Fsp3) is 0.105. The minimum Gasteiger partial charge on any atom is -0.497 e. The Kier molecular flexibility index (Phi) is 4.91. The lowest BCUT2D eigenvalue weighted by Gasteiger charge is -2.11. The van der Waals surface area contributed by atoms with Crippen LogP contribution in [0.1, 0.15) is 15.9 Å². The summed E-state index contributed by atoms with van der Waals surface area (Å²) in [7, 11) is 1.41. The smallest absolute Gasteiger partial charge is 0.435 e. The predicted molar refractivity (Wildman–Crippen MR) is 95.3 cm³/mol. The van der Waals surface area contributed by atoms with Gasteiger partial charge in [-0.25, -0.2) is 4.79 Å². The van der Waals surface area contributed by atoms with Crippen LogP contribution in [0.2, 0.25) is 0 Å². The molecule has 0 aliphatic carbocycles. The number of carbonyl (C=O) groups excluding carboxylic acids is 1. The molecule has 0 unspecified atom stereocenters. The second-order valence-corrected chi connectivity index (χ2v) is 5.75. The number of ether oxygens (including phenoxy) is 1. The number of halogens is 3. The van der Waals surface area contributed by atoms with Crippen molar-refractivity contribution in [1.82, 2.24) is 0 Å². The van der Waals surface area contributed by atoms with Gasteiger partial charge in [0.2, 0.25) is 0 Å². The van der Waals surface area contributed by atoms with Gasteiger partial charge >= 0.3 is 12.1 Å². The van der Waals surface area contributed by atoms with Gasteiger partial charge in [0.25, 0.3) is 5.91 Å².